The number of ether oxygens (including phenoxy) is 5. The summed E-state index contributed by atoms with van der Waals surface area (Å²) in [7, 11) is 1.27. The highest BCUT2D eigenvalue weighted by atomic mass is 127. The second-order valence-corrected chi connectivity index (χ2v) is 14.5. The molecule has 50 heavy (non-hydrogen) atoms. The highest BCUT2D eigenvalue weighted by Crippen LogP contribution is 2.37. The molecular weight excluding hydrogens is 886 g/mol. The van der Waals surface area contributed by atoms with Crippen LogP contribution < -0.4 is 29.1 Å². The quantitative estimate of drug-likeness (QED) is 0.110. The molecule has 0 spiro atoms. The van der Waals surface area contributed by atoms with Crippen molar-refractivity contribution in [1.29, 1.82) is 0 Å². The Kier molecular flexibility index (Phi) is 12.7. The molecule has 2 heterocycles. The number of rotatable bonds is 12. The molecule has 0 saturated heterocycles. The number of carbonyl (C=O) groups is 2. The molecule has 0 aliphatic carbocycles. The Labute approximate surface area is 323 Å². The summed E-state index contributed by atoms with van der Waals surface area (Å²) in [5, 5.41) is 0.913. The van der Waals surface area contributed by atoms with Crippen LogP contribution in [0.15, 0.2) is 74.1 Å². The van der Waals surface area contributed by atoms with Gasteiger partial charge >= 0.3 is 11.9 Å². The van der Waals surface area contributed by atoms with E-state index in [0.29, 0.717) is 59.0 Å². The smallest absolute Gasteiger partial charge is 0.343 e. The minimum absolute atomic E-state index is 0.137. The van der Waals surface area contributed by atoms with Crippen LogP contribution in [0.3, 0.4) is 0 Å². The van der Waals surface area contributed by atoms with Crippen molar-refractivity contribution in [3.05, 3.63) is 114 Å². The summed E-state index contributed by atoms with van der Waals surface area (Å²) < 4.78 is 31.1. The normalized spacial score (nSPS) is 14.2. The van der Waals surface area contributed by atoms with E-state index in [1.807, 2.05) is 25.1 Å². The predicted octanol–water partition coefficient (Wildman–Crippen LogP) is 7.00. The molecule has 0 amide bonds. The van der Waals surface area contributed by atoms with Gasteiger partial charge in [0, 0.05) is 0 Å². The van der Waals surface area contributed by atoms with Gasteiger partial charge in [0.25, 0.3) is 5.56 Å². The molecular formula is C35H30BrCl2IN2O8S. The first kappa shape index (κ1) is 37.9. The highest BCUT2D eigenvalue weighted by Gasteiger charge is 2.34. The molecule has 0 saturated carbocycles. The number of nitrogens with zero attached hydrogens (tertiary/aromatic N) is 2. The monoisotopic (exact) mass is 914 g/mol. The van der Waals surface area contributed by atoms with E-state index in [1.54, 1.807) is 50.3 Å². The fraction of sp³-hybridized carbons (Fsp3) is 0.257. The van der Waals surface area contributed by atoms with E-state index in [-0.39, 0.29) is 31.0 Å². The molecule has 5 rings (SSSR count). The molecule has 0 fully saturated rings. The number of hydrogen-bond donors (Lipinski definition) is 0. The molecule has 4 aromatic rings. The summed E-state index contributed by atoms with van der Waals surface area (Å²) in [5.41, 5.74) is 2.46. The Bertz CT molecular complexity index is 2160. The predicted molar refractivity (Wildman–Crippen MR) is 203 cm³/mol. The van der Waals surface area contributed by atoms with Crippen molar-refractivity contribution < 1.29 is 33.3 Å². The molecule has 0 N–H and O–H groups in total. The number of benzene rings is 3. The second kappa shape index (κ2) is 16.8. The number of fused-ring (bicyclic) bond motifs is 1. The topological polar surface area (TPSA) is 115 Å². The van der Waals surface area contributed by atoms with Gasteiger partial charge in [0.2, 0.25) is 0 Å². The average molecular weight is 916 g/mol. The highest BCUT2D eigenvalue weighted by molar-refractivity contribution is 14.1. The lowest BCUT2D eigenvalue weighted by Gasteiger charge is -2.25. The number of esters is 2. The van der Waals surface area contributed by atoms with Crippen LogP contribution in [0.1, 0.15) is 43.5 Å². The average Bonchev–Trinajstić information content (AvgIpc) is 3.38. The molecule has 0 unspecified atom stereocenters. The van der Waals surface area contributed by atoms with Crippen molar-refractivity contribution in [2.75, 3.05) is 26.9 Å². The minimum Gasteiger partial charge on any atom is -0.490 e. The van der Waals surface area contributed by atoms with E-state index in [9.17, 15) is 14.4 Å². The standard InChI is InChI=1S/C35H30BrCl2IN2O8S/c1-5-46-27-15-21(8-10-26(27)48-17-29(42)45-4)31-30(34(44)47-6-2)18(3)40-35-41(31)33(43)28(50-35)14-20-11-22(36)32(25(39)13-20)49-16-19-7-9-23(37)24(38)12-19/h7-15,31H,5-6,16-17H2,1-4H3/b28-14-/t31-/m1/s1. The van der Waals surface area contributed by atoms with Gasteiger partial charge in [-0.05, 0) is 118 Å². The maximum Gasteiger partial charge on any atom is 0.343 e. The Morgan fingerprint density at radius 3 is 2.48 bits per heavy atom. The molecule has 1 aliphatic rings. The zero-order chi connectivity index (χ0) is 36.1. The number of thiazole rings is 1. The second-order valence-electron chi connectivity index (χ2n) is 10.7. The zero-order valence-electron chi connectivity index (χ0n) is 27.2. The van der Waals surface area contributed by atoms with Crippen molar-refractivity contribution in [2.45, 2.75) is 33.4 Å². The van der Waals surface area contributed by atoms with Crippen LogP contribution in [0.25, 0.3) is 6.08 Å². The van der Waals surface area contributed by atoms with E-state index in [4.69, 9.17) is 42.1 Å². The number of hydrogen-bond acceptors (Lipinski definition) is 10. The van der Waals surface area contributed by atoms with E-state index in [1.165, 1.54) is 23.0 Å². The summed E-state index contributed by atoms with van der Waals surface area (Å²) in [4.78, 5) is 44.4. The third-order valence-corrected chi connectivity index (χ3v) is 10.5. The van der Waals surface area contributed by atoms with E-state index < -0.39 is 18.0 Å². The van der Waals surface area contributed by atoms with Crippen LogP contribution in [-0.2, 0) is 25.7 Å². The molecule has 0 radical (unpaired) electrons. The van der Waals surface area contributed by atoms with Crippen LogP contribution in [0.5, 0.6) is 17.2 Å². The van der Waals surface area contributed by atoms with Crippen LogP contribution in [0.4, 0.5) is 0 Å². The molecule has 0 bridgehead atoms. The number of allylic oxidation sites excluding steroid dienone is 1. The fourth-order valence-corrected chi connectivity index (χ4v) is 8.26. The Hall–Kier alpha value is -3.37. The van der Waals surface area contributed by atoms with E-state index in [2.05, 4.69) is 48.3 Å². The summed E-state index contributed by atoms with van der Waals surface area (Å²) in [6, 6.07) is 13.2. The third-order valence-electron chi connectivity index (χ3n) is 7.36. The van der Waals surface area contributed by atoms with Crippen molar-refractivity contribution in [1.82, 2.24) is 4.57 Å². The Morgan fingerprint density at radius 1 is 1.02 bits per heavy atom. The van der Waals surface area contributed by atoms with Crippen molar-refractivity contribution in [2.24, 2.45) is 4.99 Å². The van der Waals surface area contributed by atoms with Crippen molar-refractivity contribution in [3.8, 4) is 17.2 Å². The third kappa shape index (κ3) is 8.39. The minimum atomic E-state index is -0.884. The van der Waals surface area contributed by atoms with Gasteiger partial charge in [-0.2, -0.15) is 0 Å². The molecule has 1 aromatic heterocycles. The SMILES string of the molecule is CCOC(=O)C1=C(C)N=c2s/c(=C\c3cc(Br)c(OCc4ccc(Cl)c(Cl)c4)c(I)c3)c(=O)n2[C@@H]1c1ccc(OCC(=O)OC)c(OCC)c1. The lowest BCUT2D eigenvalue weighted by molar-refractivity contribution is -0.143. The number of halogens is 4. The van der Waals surface area contributed by atoms with Crippen LogP contribution in [0, 0.1) is 3.57 Å². The molecule has 15 heteroatoms. The first-order valence-corrected chi connectivity index (χ1v) is 18.6. The lowest BCUT2D eigenvalue weighted by Crippen LogP contribution is -2.40. The lowest BCUT2D eigenvalue weighted by atomic mass is 9.95. The fourth-order valence-electron chi connectivity index (χ4n) is 5.12. The zero-order valence-corrected chi connectivity index (χ0v) is 33.3. The first-order valence-electron chi connectivity index (χ1n) is 15.2. The van der Waals surface area contributed by atoms with Gasteiger partial charge in [0.05, 0.1) is 60.3 Å². The van der Waals surface area contributed by atoms with E-state index >= 15 is 0 Å². The van der Waals surface area contributed by atoms with Gasteiger partial charge in [0.1, 0.15) is 12.4 Å². The van der Waals surface area contributed by atoms with E-state index in [0.717, 1.165) is 14.7 Å². The van der Waals surface area contributed by atoms with Gasteiger partial charge in [-0.15, -0.1) is 0 Å². The molecule has 1 atom stereocenters. The first-order chi connectivity index (χ1) is 23.9. The van der Waals surface area contributed by atoms with Crippen LogP contribution in [-0.4, -0.2) is 43.4 Å². The van der Waals surface area contributed by atoms with Gasteiger partial charge in [-0.25, -0.2) is 14.6 Å². The molecule has 262 valence electrons. The Balaban J connectivity index is 1.56. The molecule has 3 aromatic carbocycles. The van der Waals surface area contributed by atoms with Gasteiger partial charge < -0.3 is 23.7 Å². The Morgan fingerprint density at radius 2 is 1.80 bits per heavy atom. The largest absolute Gasteiger partial charge is 0.490 e. The van der Waals surface area contributed by atoms with Crippen molar-refractivity contribution >= 4 is 91.1 Å². The molecule has 10 nitrogen and oxygen atoms in total. The van der Waals surface area contributed by atoms with Crippen LogP contribution >= 0.6 is 73.1 Å². The maximum absolute atomic E-state index is 14.2. The van der Waals surface area contributed by atoms with Gasteiger partial charge in [-0.1, -0.05) is 46.7 Å². The molecule has 1 aliphatic heterocycles. The summed E-state index contributed by atoms with van der Waals surface area (Å²) >= 11 is 19.2. The summed E-state index contributed by atoms with van der Waals surface area (Å²) in [5.74, 6) is 0.117. The van der Waals surface area contributed by atoms with Crippen molar-refractivity contribution in [3.63, 3.8) is 0 Å². The maximum atomic E-state index is 14.2. The number of carbonyl (C=O) groups excluding carboxylic acids is 2. The number of methoxy groups -OCH3 is 1. The summed E-state index contributed by atoms with van der Waals surface area (Å²) in [6.45, 7) is 5.62. The van der Waals surface area contributed by atoms with Crippen LogP contribution in [0.2, 0.25) is 10.0 Å². The van der Waals surface area contributed by atoms with Gasteiger partial charge in [-0.3, -0.25) is 9.36 Å². The number of aromatic nitrogens is 1. The summed E-state index contributed by atoms with van der Waals surface area (Å²) in [6.07, 6.45) is 1.77. The van der Waals surface area contributed by atoms with Gasteiger partial charge in [0.15, 0.2) is 22.9 Å².